The number of guanidine groups is 1. The molecule has 0 aliphatic carbocycles. The molecule has 0 radical (unpaired) electrons. The van der Waals surface area contributed by atoms with Crippen molar-refractivity contribution in [3.63, 3.8) is 0 Å². The molecule has 0 aromatic heterocycles. The van der Waals surface area contributed by atoms with Gasteiger partial charge in [0.15, 0.2) is 5.96 Å². The molecule has 2 N–H and O–H groups in total. The van der Waals surface area contributed by atoms with Gasteiger partial charge >= 0.3 is 0 Å². The van der Waals surface area contributed by atoms with Crippen molar-refractivity contribution in [3.8, 4) is 0 Å². The van der Waals surface area contributed by atoms with Gasteiger partial charge in [-0.05, 0) is 49.5 Å². The number of rotatable bonds is 7. The zero-order chi connectivity index (χ0) is 15.7. The van der Waals surface area contributed by atoms with E-state index in [2.05, 4.69) is 28.8 Å². The standard InChI is InChI=1S/C15H23Cl2N3S/c1-11(12-6-7-13(16)14(17)10-12)20-15(18-2)19-8-4-5-9-21-3/h6-7,10-11H,4-5,8-9H2,1-3H3,(H2,18,19,20). The molecule has 0 saturated heterocycles. The molecule has 1 atom stereocenters. The number of nitrogens with zero attached hydrogens (tertiary/aromatic N) is 1. The first-order valence-corrected chi connectivity index (χ1v) is 9.14. The van der Waals surface area contributed by atoms with Crippen LogP contribution in [0.25, 0.3) is 0 Å². The van der Waals surface area contributed by atoms with E-state index >= 15 is 0 Å². The van der Waals surface area contributed by atoms with E-state index in [1.807, 2.05) is 30.0 Å². The minimum Gasteiger partial charge on any atom is -0.356 e. The Balaban J connectivity index is 2.47. The van der Waals surface area contributed by atoms with Gasteiger partial charge in [0.25, 0.3) is 0 Å². The molecule has 6 heteroatoms. The summed E-state index contributed by atoms with van der Waals surface area (Å²) in [7, 11) is 1.78. The molecule has 0 bridgehead atoms. The summed E-state index contributed by atoms with van der Waals surface area (Å²) in [4.78, 5) is 4.24. The monoisotopic (exact) mass is 347 g/mol. The average molecular weight is 348 g/mol. The van der Waals surface area contributed by atoms with E-state index in [1.165, 1.54) is 12.2 Å². The minimum absolute atomic E-state index is 0.108. The van der Waals surface area contributed by atoms with E-state index in [0.717, 1.165) is 24.5 Å². The molecular formula is C15H23Cl2N3S. The molecule has 0 spiro atoms. The second-order valence-corrected chi connectivity index (χ2v) is 6.54. The molecular weight excluding hydrogens is 325 g/mol. The lowest BCUT2D eigenvalue weighted by atomic mass is 10.1. The van der Waals surface area contributed by atoms with Gasteiger partial charge < -0.3 is 10.6 Å². The van der Waals surface area contributed by atoms with Crippen LogP contribution in [-0.2, 0) is 0 Å². The number of thioether (sulfide) groups is 1. The molecule has 0 aliphatic rings. The molecule has 1 aromatic rings. The number of aliphatic imine (C=N–C) groups is 1. The van der Waals surface area contributed by atoms with Gasteiger partial charge in [0, 0.05) is 13.6 Å². The van der Waals surface area contributed by atoms with Crippen LogP contribution in [0.1, 0.15) is 31.4 Å². The van der Waals surface area contributed by atoms with Crippen LogP contribution in [-0.4, -0.2) is 31.6 Å². The zero-order valence-electron chi connectivity index (χ0n) is 12.7. The summed E-state index contributed by atoms with van der Waals surface area (Å²) in [5.74, 6) is 2.01. The Labute approximate surface area is 141 Å². The van der Waals surface area contributed by atoms with E-state index in [9.17, 15) is 0 Å². The molecule has 0 fully saturated rings. The average Bonchev–Trinajstić information content (AvgIpc) is 2.48. The second-order valence-electron chi connectivity index (χ2n) is 4.74. The van der Waals surface area contributed by atoms with Gasteiger partial charge in [-0.25, -0.2) is 0 Å². The summed E-state index contributed by atoms with van der Waals surface area (Å²) in [5.41, 5.74) is 1.08. The molecule has 1 aromatic carbocycles. The van der Waals surface area contributed by atoms with Crippen LogP contribution in [0.4, 0.5) is 0 Å². The number of hydrogen-bond donors (Lipinski definition) is 2. The van der Waals surface area contributed by atoms with E-state index in [-0.39, 0.29) is 6.04 Å². The normalized spacial score (nSPS) is 13.1. The fraction of sp³-hybridized carbons (Fsp3) is 0.533. The first kappa shape index (κ1) is 18.5. The second kappa shape index (κ2) is 10.2. The van der Waals surface area contributed by atoms with Gasteiger partial charge in [0.2, 0.25) is 0 Å². The maximum Gasteiger partial charge on any atom is 0.191 e. The van der Waals surface area contributed by atoms with Gasteiger partial charge in [-0.1, -0.05) is 29.3 Å². The van der Waals surface area contributed by atoms with Crippen molar-refractivity contribution in [1.82, 2.24) is 10.6 Å². The summed E-state index contributed by atoms with van der Waals surface area (Å²) >= 11 is 13.9. The first-order valence-electron chi connectivity index (χ1n) is 6.99. The maximum atomic E-state index is 6.05. The zero-order valence-corrected chi connectivity index (χ0v) is 15.1. The van der Waals surface area contributed by atoms with Crippen LogP contribution < -0.4 is 10.6 Å². The predicted molar refractivity (Wildman–Crippen MR) is 97.0 cm³/mol. The molecule has 1 rings (SSSR count). The maximum absolute atomic E-state index is 6.05. The molecule has 0 saturated carbocycles. The Morgan fingerprint density at radius 1 is 1.29 bits per heavy atom. The lowest BCUT2D eigenvalue weighted by Crippen LogP contribution is -2.39. The van der Waals surface area contributed by atoms with Gasteiger partial charge in [-0.3, -0.25) is 4.99 Å². The third-order valence-corrected chi connectivity index (χ3v) is 4.52. The van der Waals surface area contributed by atoms with Crippen molar-refractivity contribution in [2.45, 2.75) is 25.8 Å². The molecule has 1 unspecified atom stereocenters. The fourth-order valence-corrected chi connectivity index (χ4v) is 2.64. The molecule has 3 nitrogen and oxygen atoms in total. The molecule has 118 valence electrons. The Bertz CT molecular complexity index is 466. The topological polar surface area (TPSA) is 36.4 Å². The number of halogens is 2. The number of benzene rings is 1. The minimum atomic E-state index is 0.108. The SMILES string of the molecule is CN=C(NCCCCSC)NC(C)c1ccc(Cl)c(Cl)c1. The molecule has 0 aliphatic heterocycles. The van der Waals surface area contributed by atoms with Crippen molar-refractivity contribution < 1.29 is 0 Å². The van der Waals surface area contributed by atoms with Crippen LogP contribution in [0.5, 0.6) is 0 Å². The summed E-state index contributed by atoms with van der Waals surface area (Å²) in [6.07, 6.45) is 4.49. The highest BCUT2D eigenvalue weighted by Crippen LogP contribution is 2.25. The predicted octanol–water partition coefficient (Wildman–Crippen LogP) is 4.36. The first-order chi connectivity index (χ1) is 10.1. The van der Waals surface area contributed by atoms with Crippen LogP contribution in [0, 0.1) is 0 Å². The van der Waals surface area contributed by atoms with E-state index in [0.29, 0.717) is 10.0 Å². The van der Waals surface area contributed by atoms with Gasteiger partial charge in [-0.15, -0.1) is 0 Å². The van der Waals surface area contributed by atoms with Crippen LogP contribution in [0.3, 0.4) is 0 Å². The van der Waals surface area contributed by atoms with Crippen LogP contribution in [0.2, 0.25) is 10.0 Å². The molecule has 0 heterocycles. The van der Waals surface area contributed by atoms with Crippen LogP contribution >= 0.6 is 35.0 Å². The van der Waals surface area contributed by atoms with Crippen molar-refractivity contribution in [2.24, 2.45) is 4.99 Å². The lowest BCUT2D eigenvalue weighted by Gasteiger charge is -2.18. The molecule has 0 amide bonds. The number of unbranched alkanes of at least 4 members (excludes halogenated alkanes) is 1. The van der Waals surface area contributed by atoms with Crippen LogP contribution in [0.15, 0.2) is 23.2 Å². The largest absolute Gasteiger partial charge is 0.356 e. The number of hydrogen-bond acceptors (Lipinski definition) is 2. The third-order valence-electron chi connectivity index (χ3n) is 3.09. The van der Waals surface area contributed by atoms with Crippen molar-refractivity contribution in [3.05, 3.63) is 33.8 Å². The van der Waals surface area contributed by atoms with Gasteiger partial charge in [-0.2, -0.15) is 11.8 Å². The smallest absolute Gasteiger partial charge is 0.191 e. The fourth-order valence-electron chi connectivity index (χ4n) is 1.84. The van der Waals surface area contributed by atoms with Gasteiger partial charge in [0.05, 0.1) is 16.1 Å². The van der Waals surface area contributed by atoms with Crippen molar-refractivity contribution in [2.75, 3.05) is 25.6 Å². The van der Waals surface area contributed by atoms with E-state index in [1.54, 1.807) is 7.05 Å². The summed E-state index contributed by atoms with van der Waals surface area (Å²) in [6.45, 7) is 2.99. The highest BCUT2D eigenvalue weighted by atomic mass is 35.5. The van der Waals surface area contributed by atoms with E-state index < -0.39 is 0 Å². The highest BCUT2D eigenvalue weighted by Gasteiger charge is 2.09. The summed E-state index contributed by atoms with van der Waals surface area (Å²) in [5, 5.41) is 7.82. The summed E-state index contributed by atoms with van der Waals surface area (Å²) < 4.78 is 0. The third kappa shape index (κ3) is 6.81. The van der Waals surface area contributed by atoms with Crippen molar-refractivity contribution in [1.29, 1.82) is 0 Å². The Hall–Kier alpha value is -0.580. The Morgan fingerprint density at radius 3 is 2.67 bits per heavy atom. The highest BCUT2D eigenvalue weighted by molar-refractivity contribution is 7.98. The number of nitrogens with one attached hydrogen (secondary N) is 2. The van der Waals surface area contributed by atoms with E-state index in [4.69, 9.17) is 23.2 Å². The Kier molecular flexibility index (Phi) is 8.97. The quantitative estimate of drug-likeness (QED) is 0.437. The Morgan fingerprint density at radius 2 is 2.05 bits per heavy atom. The summed E-state index contributed by atoms with van der Waals surface area (Å²) in [6, 6.07) is 5.78. The van der Waals surface area contributed by atoms with Crippen molar-refractivity contribution >= 4 is 40.9 Å². The van der Waals surface area contributed by atoms with Gasteiger partial charge in [0.1, 0.15) is 0 Å². The molecule has 21 heavy (non-hydrogen) atoms. The lowest BCUT2D eigenvalue weighted by molar-refractivity contribution is 0.672.